The van der Waals surface area contributed by atoms with E-state index in [4.69, 9.17) is 12.8 Å². The van der Waals surface area contributed by atoms with Gasteiger partial charge in [0.15, 0.2) is 0 Å². The molecule has 0 aliphatic heterocycles. The van der Waals surface area contributed by atoms with Crippen molar-refractivity contribution < 1.29 is 0 Å². The summed E-state index contributed by atoms with van der Waals surface area (Å²) in [5.74, 6) is 5.09. The second-order valence-electron chi connectivity index (χ2n) is 3.52. The SMILES string of the molecule is C#Cc1cccc(C)c1.C#Cc1ccccc1. The van der Waals surface area contributed by atoms with Crippen molar-refractivity contribution in [2.45, 2.75) is 6.92 Å². The van der Waals surface area contributed by atoms with Gasteiger partial charge in [-0.3, -0.25) is 0 Å². The summed E-state index contributed by atoms with van der Waals surface area (Å²) >= 11 is 0. The second-order valence-corrected chi connectivity index (χ2v) is 3.52. The van der Waals surface area contributed by atoms with Crippen molar-refractivity contribution in [3.8, 4) is 24.7 Å². The van der Waals surface area contributed by atoms with Crippen molar-refractivity contribution in [2.75, 3.05) is 0 Å². The Morgan fingerprint density at radius 1 is 0.765 bits per heavy atom. The van der Waals surface area contributed by atoms with Crippen molar-refractivity contribution >= 4 is 0 Å². The van der Waals surface area contributed by atoms with Crippen LogP contribution in [0.15, 0.2) is 54.6 Å². The summed E-state index contributed by atoms with van der Waals surface area (Å²) in [5, 5.41) is 0. The zero-order chi connectivity index (χ0) is 12.5. The molecule has 0 aliphatic rings. The highest BCUT2D eigenvalue weighted by atomic mass is 13.9. The minimum absolute atomic E-state index is 0.938. The molecule has 2 aromatic carbocycles. The number of aryl methyl sites for hydroxylation is 1. The van der Waals surface area contributed by atoms with Gasteiger partial charge in [-0.05, 0) is 36.8 Å². The lowest BCUT2D eigenvalue weighted by Crippen LogP contribution is -1.73. The highest BCUT2D eigenvalue weighted by molar-refractivity contribution is 5.34. The van der Waals surface area contributed by atoms with Crippen LogP contribution in [-0.4, -0.2) is 0 Å². The summed E-state index contributed by atoms with van der Waals surface area (Å²) in [5.41, 5.74) is 3.10. The first-order chi connectivity index (χ1) is 8.26. The summed E-state index contributed by atoms with van der Waals surface area (Å²) in [6.45, 7) is 2.03. The van der Waals surface area contributed by atoms with Crippen LogP contribution in [0.4, 0.5) is 0 Å². The monoisotopic (exact) mass is 218 g/mol. The molecule has 17 heavy (non-hydrogen) atoms. The van der Waals surface area contributed by atoms with Gasteiger partial charge >= 0.3 is 0 Å². The Hall–Kier alpha value is -2.44. The van der Waals surface area contributed by atoms with Crippen molar-refractivity contribution in [1.29, 1.82) is 0 Å². The van der Waals surface area contributed by atoms with E-state index in [1.54, 1.807) is 0 Å². The van der Waals surface area contributed by atoms with Crippen LogP contribution in [0.1, 0.15) is 16.7 Å². The van der Waals surface area contributed by atoms with Crippen LogP contribution >= 0.6 is 0 Å². The normalized spacial score (nSPS) is 8.18. The van der Waals surface area contributed by atoms with E-state index in [0.717, 1.165) is 11.1 Å². The van der Waals surface area contributed by atoms with Gasteiger partial charge in [-0.2, -0.15) is 0 Å². The van der Waals surface area contributed by atoms with Crippen molar-refractivity contribution in [3.05, 3.63) is 71.3 Å². The molecule has 0 saturated carbocycles. The third-order valence-electron chi connectivity index (χ3n) is 2.13. The van der Waals surface area contributed by atoms with Crippen LogP contribution in [0.3, 0.4) is 0 Å². The third-order valence-corrected chi connectivity index (χ3v) is 2.13. The van der Waals surface area contributed by atoms with Crippen molar-refractivity contribution in [3.63, 3.8) is 0 Å². The molecule has 0 amide bonds. The van der Waals surface area contributed by atoms with E-state index >= 15 is 0 Å². The Bertz CT molecular complexity index is 536. The molecule has 0 N–H and O–H groups in total. The van der Waals surface area contributed by atoms with Crippen LogP contribution in [0.5, 0.6) is 0 Å². The van der Waals surface area contributed by atoms with Gasteiger partial charge in [0.2, 0.25) is 0 Å². The molecule has 0 saturated heterocycles. The average Bonchev–Trinajstić information content (AvgIpc) is 2.40. The number of benzene rings is 2. The molecule has 0 nitrogen and oxygen atoms in total. The topological polar surface area (TPSA) is 0 Å². The van der Waals surface area contributed by atoms with Gasteiger partial charge < -0.3 is 0 Å². The molecule has 0 aliphatic carbocycles. The Morgan fingerprint density at radius 3 is 1.76 bits per heavy atom. The number of rotatable bonds is 0. The smallest absolute Gasteiger partial charge is 0.0245 e. The number of terminal acetylenes is 2. The number of hydrogen-bond donors (Lipinski definition) is 0. The lowest BCUT2D eigenvalue weighted by atomic mass is 10.1. The summed E-state index contributed by atoms with van der Waals surface area (Å²) < 4.78 is 0. The van der Waals surface area contributed by atoms with E-state index in [9.17, 15) is 0 Å². The van der Waals surface area contributed by atoms with Gasteiger partial charge in [-0.1, -0.05) is 42.2 Å². The maximum absolute atomic E-state index is 5.17. The molecule has 0 bridgehead atoms. The quantitative estimate of drug-likeness (QED) is 0.592. The molecule has 0 heterocycles. The summed E-state index contributed by atoms with van der Waals surface area (Å²) in [4.78, 5) is 0. The summed E-state index contributed by atoms with van der Waals surface area (Å²) in [6, 6.07) is 17.5. The Labute approximate surface area is 103 Å². The van der Waals surface area contributed by atoms with E-state index in [1.165, 1.54) is 5.56 Å². The fourth-order valence-electron chi connectivity index (χ4n) is 1.27. The van der Waals surface area contributed by atoms with Crippen LogP contribution in [0.25, 0.3) is 0 Å². The molecular formula is C17H14. The van der Waals surface area contributed by atoms with Gasteiger partial charge in [-0.25, -0.2) is 0 Å². The van der Waals surface area contributed by atoms with Gasteiger partial charge in [0, 0.05) is 11.1 Å². The van der Waals surface area contributed by atoms with Crippen molar-refractivity contribution in [1.82, 2.24) is 0 Å². The van der Waals surface area contributed by atoms with E-state index in [2.05, 4.69) is 11.8 Å². The van der Waals surface area contributed by atoms with Gasteiger partial charge in [0.05, 0.1) is 0 Å². The molecule has 0 fully saturated rings. The number of hydrogen-bond acceptors (Lipinski definition) is 0. The average molecular weight is 218 g/mol. The lowest BCUT2D eigenvalue weighted by molar-refractivity contribution is 1.46. The molecule has 0 spiro atoms. The van der Waals surface area contributed by atoms with Gasteiger partial charge in [0.25, 0.3) is 0 Å². The molecule has 0 unspecified atom stereocenters. The molecular weight excluding hydrogens is 204 g/mol. The first kappa shape index (κ1) is 12.6. The third kappa shape index (κ3) is 4.74. The zero-order valence-corrected chi connectivity index (χ0v) is 9.85. The standard InChI is InChI=1S/C9H8.C8H6/c1-3-9-6-4-5-8(2)7-9;1-2-8-6-4-3-5-7-8/h1,4-7H,2H3;1,3-7H. The summed E-state index contributed by atoms with van der Waals surface area (Å²) in [7, 11) is 0. The van der Waals surface area contributed by atoms with E-state index < -0.39 is 0 Å². The lowest BCUT2D eigenvalue weighted by Gasteiger charge is -1.90. The Balaban J connectivity index is 0.000000171. The maximum Gasteiger partial charge on any atom is 0.0245 e. The Kier molecular flexibility index (Phi) is 5.15. The van der Waals surface area contributed by atoms with E-state index in [1.807, 2.05) is 61.5 Å². The summed E-state index contributed by atoms with van der Waals surface area (Å²) in [6.07, 6.45) is 10.3. The fraction of sp³-hybridized carbons (Fsp3) is 0.0588. The Morgan fingerprint density at radius 2 is 1.35 bits per heavy atom. The van der Waals surface area contributed by atoms with Gasteiger partial charge in [0.1, 0.15) is 0 Å². The fourth-order valence-corrected chi connectivity index (χ4v) is 1.27. The minimum atomic E-state index is 0.938. The molecule has 2 rings (SSSR count). The second kappa shape index (κ2) is 6.94. The first-order valence-electron chi connectivity index (χ1n) is 5.31. The highest BCUT2D eigenvalue weighted by Gasteiger charge is 1.83. The van der Waals surface area contributed by atoms with Crippen LogP contribution in [0, 0.1) is 31.6 Å². The molecule has 2 aromatic rings. The van der Waals surface area contributed by atoms with Crippen LogP contribution in [-0.2, 0) is 0 Å². The van der Waals surface area contributed by atoms with Crippen LogP contribution in [0.2, 0.25) is 0 Å². The molecule has 82 valence electrons. The van der Waals surface area contributed by atoms with Crippen molar-refractivity contribution in [2.24, 2.45) is 0 Å². The highest BCUT2D eigenvalue weighted by Crippen LogP contribution is 2.00. The molecule has 0 atom stereocenters. The minimum Gasteiger partial charge on any atom is -0.115 e. The van der Waals surface area contributed by atoms with E-state index in [0.29, 0.717) is 0 Å². The molecule has 0 radical (unpaired) electrons. The first-order valence-corrected chi connectivity index (χ1v) is 5.31. The predicted molar refractivity (Wildman–Crippen MR) is 73.5 cm³/mol. The molecule has 0 heteroatoms. The molecule has 0 aromatic heterocycles. The largest absolute Gasteiger partial charge is 0.115 e. The predicted octanol–water partition coefficient (Wildman–Crippen LogP) is 3.64. The van der Waals surface area contributed by atoms with E-state index in [-0.39, 0.29) is 0 Å². The van der Waals surface area contributed by atoms with Gasteiger partial charge in [-0.15, -0.1) is 12.8 Å². The zero-order valence-electron chi connectivity index (χ0n) is 9.85. The van der Waals surface area contributed by atoms with Crippen LogP contribution < -0.4 is 0 Å². The maximum atomic E-state index is 5.17.